The predicted octanol–water partition coefficient (Wildman–Crippen LogP) is 8.92. The van der Waals surface area contributed by atoms with Crippen molar-refractivity contribution >= 4 is 111 Å². The molecule has 0 aliphatic heterocycles. The lowest BCUT2D eigenvalue weighted by atomic mass is 9.82. The standard InChI is InChI=1S/2C23H25N7O2S2/c2*1-13(31)24-22-28-26-20(33-22)14-6-5-7-15(10-14)21-27-29-23(34-21)25-19(32)11-16-12-30(2)18-9-4-3-8-17(16)18/h2*3-4,8-9,12,14-15H,5-7,10-11H2,1-2H3,(H,24,28,31)(H,25,29,32)/t2*14-,15-/m10/s1. The van der Waals surface area contributed by atoms with Gasteiger partial charge in [-0.2, -0.15) is 0 Å². The lowest BCUT2D eigenvalue weighted by Gasteiger charge is -2.25. The van der Waals surface area contributed by atoms with Gasteiger partial charge in [0.05, 0.1) is 12.8 Å². The first-order valence-electron chi connectivity index (χ1n) is 22.5. The minimum atomic E-state index is -0.145. The van der Waals surface area contributed by atoms with E-state index in [-0.39, 0.29) is 60.1 Å². The van der Waals surface area contributed by atoms with E-state index in [1.807, 2.05) is 84.2 Å². The fourth-order valence-electron chi connectivity index (χ4n) is 9.18. The molecule has 2 aliphatic carbocycles. The Bertz CT molecular complexity index is 2890. The molecule has 352 valence electrons. The van der Waals surface area contributed by atoms with Crippen LogP contribution in [0.3, 0.4) is 0 Å². The number of hydrogen-bond donors (Lipinski definition) is 4. The number of benzene rings is 2. The highest BCUT2D eigenvalue weighted by Gasteiger charge is 2.31. The maximum absolute atomic E-state index is 12.7. The molecule has 10 rings (SSSR count). The largest absolute Gasteiger partial charge is 0.350 e. The minimum Gasteiger partial charge on any atom is -0.350 e. The predicted molar refractivity (Wildman–Crippen MR) is 267 cm³/mol. The van der Waals surface area contributed by atoms with Gasteiger partial charge >= 0.3 is 0 Å². The highest BCUT2D eigenvalue weighted by atomic mass is 32.1. The summed E-state index contributed by atoms with van der Waals surface area (Å²) in [5.41, 5.74) is 4.20. The Morgan fingerprint density at radius 3 is 1.16 bits per heavy atom. The molecule has 2 aliphatic rings. The Morgan fingerprint density at radius 1 is 0.500 bits per heavy atom. The maximum atomic E-state index is 12.7. The van der Waals surface area contributed by atoms with E-state index in [0.29, 0.717) is 20.5 Å². The number of amides is 4. The Hall–Kier alpha value is -6.36. The number of carbonyl (C=O) groups is 4. The normalized spacial score (nSPS) is 18.2. The molecule has 68 heavy (non-hydrogen) atoms. The number of aryl methyl sites for hydroxylation is 2. The summed E-state index contributed by atoms with van der Waals surface area (Å²) in [6.45, 7) is 2.93. The first-order chi connectivity index (χ1) is 32.9. The average molecular weight is 991 g/mol. The Kier molecular flexibility index (Phi) is 14.4. The van der Waals surface area contributed by atoms with Gasteiger partial charge in [0.1, 0.15) is 20.0 Å². The Morgan fingerprint density at radius 2 is 0.824 bits per heavy atom. The molecular formula is C46H50N14O4S4. The van der Waals surface area contributed by atoms with Crippen LogP contribution >= 0.6 is 45.3 Å². The minimum absolute atomic E-state index is 0.0973. The smallest absolute Gasteiger partial charge is 0.230 e. The Balaban J connectivity index is 0.000000170. The van der Waals surface area contributed by atoms with Gasteiger partial charge in [-0.15, -0.1) is 40.8 Å². The fourth-order valence-corrected chi connectivity index (χ4v) is 12.9. The lowest BCUT2D eigenvalue weighted by molar-refractivity contribution is -0.116. The van der Waals surface area contributed by atoms with Crippen molar-refractivity contribution in [3.05, 3.63) is 92.1 Å². The molecule has 4 atom stereocenters. The second-order valence-corrected chi connectivity index (χ2v) is 21.3. The van der Waals surface area contributed by atoms with Crippen LogP contribution in [-0.2, 0) is 46.1 Å². The average Bonchev–Trinajstić information content (AvgIpc) is 4.21. The molecule has 4 amide bonds. The number of carbonyl (C=O) groups excluding carboxylic acids is 4. The monoisotopic (exact) mass is 990 g/mol. The van der Waals surface area contributed by atoms with E-state index >= 15 is 0 Å². The summed E-state index contributed by atoms with van der Waals surface area (Å²) in [4.78, 5) is 47.9. The topological polar surface area (TPSA) is 229 Å². The molecular weight excluding hydrogens is 941 g/mol. The zero-order chi connectivity index (χ0) is 47.3. The van der Waals surface area contributed by atoms with Crippen molar-refractivity contribution in [2.45, 2.75) is 102 Å². The summed E-state index contributed by atoms with van der Waals surface area (Å²) in [7, 11) is 3.97. The fraction of sp³-hybridized carbons (Fsp3) is 0.391. The number of nitrogens with one attached hydrogen (secondary N) is 4. The molecule has 0 radical (unpaired) electrons. The van der Waals surface area contributed by atoms with Crippen LogP contribution in [0.5, 0.6) is 0 Å². The molecule has 6 heterocycles. The zero-order valence-electron chi connectivity index (χ0n) is 37.9. The van der Waals surface area contributed by atoms with Gasteiger partial charge in [-0.25, -0.2) is 0 Å². The van der Waals surface area contributed by atoms with Gasteiger partial charge in [0.25, 0.3) is 0 Å². The number of aromatic nitrogens is 10. The quantitative estimate of drug-likeness (QED) is 0.0899. The van der Waals surface area contributed by atoms with Gasteiger partial charge < -0.3 is 30.4 Å². The van der Waals surface area contributed by atoms with Crippen molar-refractivity contribution in [3.8, 4) is 0 Å². The maximum Gasteiger partial charge on any atom is 0.230 e. The van der Waals surface area contributed by atoms with Gasteiger partial charge in [-0.1, -0.05) is 94.6 Å². The molecule has 8 aromatic rings. The number of nitrogens with zero attached hydrogens (tertiary/aromatic N) is 10. The summed E-state index contributed by atoms with van der Waals surface area (Å²) in [5.74, 6) is 0.626. The van der Waals surface area contributed by atoms with Crippen LogP contribution in [0.4, 0.5) is 20.5 Å². The third-order valence-electron chi connectivity index (χ3n) is 12.2. The molecule has 6 aromatic heterocycles. The van der Waals surface area contributed by atoms with E-state index in [1.54, 1.807) is 0 Å². The van der Waals surface area contributed by atoms with Gasteiger partial charge in [0.15, 0.2) is 0 Å². The molecule has 2 saturated carbocycles. The SMILES string of the molecule is CC(=O)Nc1nnc([C@@H]2CCC[C@@H](c3nnc(NC(=O)Cc4cn(C)c5ccccc45)s3)C2)s1.CC(=O)Nc1nnc([C@H]2CCC[C@H](c3nnc(NC(=O)Cc4cn(C)c5ccccc45)s3)C2)s1. The van der Waals surface area contributed by atoms with Crippen LogP contribution in [0.1, 0.15) is 120 Å². The van der Waals surface area contributed by atoms with Gasteiger partial charge in [0, 0.05) is 85.8 Å². The van der Waals surface area contributed by atoms with Crippen molar-refractivity contribution in [2.24, 2.45) is 14.1 Å². The third kappa shape index (κ3) is 11.1. The van der Waals surface area contributed by atoms with Crippen LogP contribution in [0, 0.1) is 0 Å². The summed E-state index contributed by atoms with van der Waals surface area (Å²) in [6, 6.07) is 16.1. The zero-order valence-corrected chi connectivity index (χ0v) is 41.2. The highest BCUT2D eigenvalue weighted by Crippen LogP contribution is 2.45. The first kappa shape index (κ1) is 46.7. The van der Waals surface area contributed by atoms with E-state index in [1.165, 1.54) is 59.2 Å². The number of rotatable bonds is 12. The molecule has 4 N–H and O–H groups in total. The van der Waals surface area contributed by atoms with Crippen LogP contribution in [0.25, 0.3) is 21.8 Å². The number of hydrogen-bond acceptors (Lipinski definition) is 16. The molecule has 22 heteroatoms. The molecule has 0 spiro atoms. The van der Waals surface area contributed by atoms with Crippen LogP contribution < -0.4 is 21.3 Å². The van der Waals surface area contributed by atoms with Gasteiger partial charge in [-0.3, -0.25) is 19.2 Å². The van der Waals surface area contributed by atoms with Crippen LogP contribution in [0.2, 0.25) is 0 Å². The summed E-state index contributed by atoms with van der Waals surface area (Å²) in [5, 5.41) is 53.3. The molecule has 2 fully saturated rings. The van der Waals surface area contributed by atoms with E-state index in [4.69, 9.17) is 0 Å². The van der Waals surface area contributed by atoms with E-state index in [2.05, 4.69) is 62.1 Å². The van der Waals surface area contributed by atoms with E-state index in [0.717, 1.165) is 104 Å². The molecule has 2 aromatic carbocycles. The van der Waals surface area contributed by atoms with Crippen molar-refractivity contribution < 1.29 is 19.2 Å². The summed E-state index contributed by atoms with van der Waals surface area (Å²) in [6.07, 6.45) is 12.7. The van der Waals surface area contributed by atoms with E-state index < -0.39 is 0 Å². The summed E-state index contributed by atoms with van der Waals surface area (Å²) >= 11 is 5.77. The first-order valence-corrected chi connectivity index (χ1v) is 25.7. The Labute approximate surface area is 407 Å². The lowest BCUT2D eigenvalue weighted by Crippen LogP contribution is -2.14. The van der Waals surface area contributed by atoms with Crippen molar-refractivity contribution in [1.82, 2.24) is 49.9 Å². The van der Waals surface area contributed by atoms with E-state index in [9.17, 15) is 19.2 Å². The molecule has 0 bridgehead atoms. The second kappa shape index (κ2) is 20.9. The second-order valence-electron chi connectivity index (χ2n) is 17.3. The van der Waals surface area contributed by atoms with Gasteiger partial charge in [-0.05, 0) is 61.8 Å². The van der Waals surface area contributed by atoms with Crippen molar-refractivity contribution in [3.63, 3.8) is 0 Å². The summed E-state index contributed by atoms with van der Waals surface area (Å²) < 4.78 is 4.08. The van der Waals surface area contributed by atoms with Crippen LogP contribution in [0.15, 0.2) is 60.9 Å². The van der Waals surface area contributed by atoms with Gasteiger partial charge in [0.2, 0.25) is 44.2 Å². The number of fused-ring (bicyclic) bond motifs is 2. The number of para-hydroxylation sites is 2. The molecule has 0 unspecified atom stereocenters. The highest BCUT2D eigenvalue weighted by molar-refractivity contribution is 7.16. The number of anilines is 4. The van der Waals surface area contributed by atoms with Crippen molar-refractivity contribution in [1.29, 1.82) is 0 Å². The van der Waals surface area contributed by atoms with Crippen molar-refractivity contribution in [2.75, 3.05) is 21.3 Å². The molecule has 18 nitrogen and oxygen atoms in total. The van der Waals surface area contributed by atoms with Crippen LogP contribution in [-0.4, -0.2) is 73.6 Å². The third-order valence-corrected chi connectivity index (χ3v) is 16.2. The molecule has 0 saturated heterocycles.